The van der Waals surface area contributed by atoms with Crippen molar-refractivity contribution < 1.29 is 4.74 Å². The first-order chi connectivity index (χ1) is 10.1. The molecule has 0 amide bonds. The van der Waals surface area contributed by atoms with E-state index in [0.717, 1.165) is 56.6 Å². The average Bonchev–Trinajstić information content (AvgIpc) is 2.85. The monoisotopic (exact) mass is 330 g/mol. The number of thiophene rings is 1. The van der Waals surface area contributed by atoms with Crippen LogP contribution in [0.15, 0.2) is 12.1 Å². The van der Waals surface area contributed by atoms with Crippen molar-refractivity contribution in [3.8, 4) is 0 Å². The Balaban J connectivity index is 1.90. The summed E-state index contributed by atoms with van der Waals surface area (Å²) in [5.74, 6) is 0. The van der Waals surface area contributed by atoms with E-state index in [9.17, 15) is 0 Å². The fourth-order valence-corrected chi connectivity index (χ4v) is 4.22. The zero-order chi connectivity index (χ0) is 15.1. The van der Waals surface area contributed by atoms with Gasteiger partial charge in [-0.15, -0.1) is 11.3 Å². The lowest BCUT2D eigenvalue weighted by atomic mass is 9.79. The molecule has 5 heteroatoms. The molecule has 1 saturated heterocycles. The van der Waals surface area contributed by atoms with E-state index < -0.39 is 0 Å². The summed E-state index contributed by atoms with van der Waals surface area (Å²) in [5, 5.41) is 3.62. The molecule has 0 aliphatic carbocycles. The number of hydrogen-bond acceptors (Lipinski definition) is 4. The van der Waals surface area contributed by atoms with Gasteiger partial charge < -0.3 is 15.0 Å². The molecule has 2 heterocycles. The zero-order valence-electron chi connectivity index (χ0n) is 13.2. The molecule has 1 aromatic heterocycles. The van der Waals surface area contributed by atoms with Crippen molar-refractivity contribution in [2.75, 3.05) is 39.9 Å². The predicted molar refractivity (Wildman–Crippen MR) is 91.3 cm³/mol. The van der Waals surface area contributed by atoms with Crippen molar-refractivity contribution in [1.82, 2.24) is 10.2 Å². The smallest absolute Gasteiger partial charge is 0.0931 e. The summed E-state index contributed by atoms with van der Waals surface area (Å²) < 4.78 is 6.45. The third-order valence-corrected chi connectivity index (χ3v) is 5.36. The van der Waals surface area contributed by atoms with Gasteiger partial charge in [-0.3, -0.25) is 0 Å². The minimum Gasteiger partial charge on any atom is -0.381 e. The minimum absolute atomic E-state index is 0.350. The van der Waals surface area contributed by atoms with Crippen LogP contribution in [0.4, 0.5) is 0 Å². The van der Waals surface area contributed by atoms with Crippen LogP contribution in [0.1, 0.15) is 31.1 Å². The summed E-state index contributed by atoms with van der Waals surface area (Å²) in [5.41, 5.74) is 0.350. The fourth-order valence-electron chi connectivity index (χ4n) is 3.06. The van der Waals surface area contributed by atoms with Crippen molar-refractivity contribution >= 4 is 22.9 Å². The highest BCUT2D eigenvalue weighted by Gasteiger charge is 2.33. The van der Waals surface area contributed by atoms with Gasteiger partial charge in [-0.2, -0.15) is 0 Å². The van der Waals surface area contributed by atoms with Crippen LogP contribution >= 0.6 is 22.9 Å². The summed E-state index contributed by atoms with van der Waals surface area (Å²) in [6.07, 6.45) is 3.49. The van der Waals surface area contributed by atoms with Crippen molar-refractivity contribution in [2.24, 2.45) is 5.41 Å². The van der Waals surface area contributed by atoms with Gasteiger partial charge in [0.15, 0.2) is 0 Å². The van der Waals surface area contributed by atoms with Crippen LogP contribution in [0.2, 0.25) is 4.34 Å². The fraction of sp³-hybridized carbons (Fsp3) is 0.750. The lowest BCUT2D eigenvalue weighted by molar-refractivity contribution is -0.00142. The number of rotatable bonds is 8. The van der Waals surface area contributed by atoms with E-state index >= 15 is 0 Å². The number of nitrogens with zero attached hydrogens (tertiary/aromatic N) is 1. The second-order valence-electron chi connectivity index (χ2n) is 6.17. The Morgan fingerprint density at radius 2 is 2.14 bits per heavy atom. The van der Waals surface area contributed by atoms with Crippen LogP contribution in [0.25, 0.3) is 0 Å². The first-order valence-corrected chi connectivity index (χ1v) is 9.04. The molecule has 0 saturated carbocycles. The number of ether oxygens (including phenoxy) is 1. The second kappa shape index (κ2) is 8.49. The van der Waals surface area contributed by atoms with Gasteiger partial charge in [0.1, 0.15) is 0 Å². The van der Waals surface area contributed by atoms with Gasteiger partial charge in [0.05, 0.1) is 4.34 Å². The molecular formula is C16H27ClN2OS. The summed E-state index contributed by atoms with van der Waals surface area (Å²) in [6.45, 7) is 8.30. The topological polar surface area (TPSA) is 24.5 Å². The van der Waals surface area contributed by atoms with Crippen molar-refractivity contribution in [3.05, 3.63) is 21.3 Å². The van der Waals surface area contributed by atoms with Gasteiger partial charge >= 0.3 is 0 Å². The lowest BCUT2D eigenvalue weighted by Gasteiger charge is -2.40. The van der Waals surface area contributed by atoms with Crippen molar-refractivity contribution in [2.45, 2.75) is 32.7 Å². The van der Waals surface area contributed by atoms with Crippen molar-refractivity contribution in [3.63, 3.8) is 0 Å². The Morgan fingerprint density at radius 3 is 2.76 bits per heavy atom. The Hall–Kier alpha value is -0.130. The maximum Gasteiger partial charge on any atom is 0.0931 e. The van der Waals surface area contributed by atoms with Gasteiger partial charge in [-0.05, 0) is 50.4 Å². The van der Waals surface area contributed by atoms with Crippen LogP contribution in [-0.4, -0.2) is 44.8 Å². The Labute approximate surface area is 137 Å². The molecule has 1 aromatic rings. The molecule has 0 spiro atoms. The maximum absolute atomic E-state index is 6.02. The third kappa shape index (κ3) is 5.53. The predicted octanol–water partition coefficient (Wildman–Crippen LogP) is 3.63. The van der Waals surface area contributed by atoms with E-state index in [0.29, 0.717) is 5.41 Å². The maximum atomic E-state index is 6.02. The zero-order valence-corrected chi connectivity index (χ0v) is 14.7. The van der Waals surface area contributed by atoms with Crippen LogP contribution in [0, 0.1) is 5.41 Å². The molecular weight excluding hydrogens is 304 g/mol. The van der Waals surface area contributed by atoms with Crippen molar-refractivity contribution in [1.29, 1.82) is 0 Å². The number of halogens is 1. The summed E-state index contributed by atoms with van der Waals surface area (Å²) >= 11 is 7.70. The van der Waals surface area contributed by atoms with Crippen LogP contribution < -0.4 is 5.32 Å². The molecule has 3 nitrogen and oxygen atoms in total. The van der Waals surface area contributed by atoms with Gasteiger partial charge in [0, 0.05) is 37.7 Å². The largest absolute Gasteiger partial charge is 0.381 e. The lowest BCUT2D eigenvalue weighted by Crippen LogP contribution is -2.46. The second-order valence-corrected chi connectivity index (χ2v) is 7.97. The molecule has 2 rings (SSSR count). The van der Waals surface area contributed by atoms with E-state index in [2.05, 4.69) is 30.3 Å². The summed E-state index contributed by atoms with van der Waals surface area (Å²) in [4.78, 5) is 3.77. The molecule has 0 radical (unpaired) electrons. The highest BCUT2D eigenvalue weighted by Crippen LogP contribution is 2.31. The van der Waals surface area contributed by atoms with E-state index in [4.69, 9.17) is 16.3 Å². The molecule has 1 aliphatic rings. The van der Waals surface area contributed by atoms with Gasteiger partial charge in [0.25, 0.3) is 0 Å². The van der Waals surface area contributed by atoms with Gasteiger partial charge in [-0.25, -0.2) is 0 Å². The van der Waals surface area contributed by atoms with E-state index in [1.54, 1.807) is 11.3 Å². The van der Waals surface area contributed by atoms with Gasteiger partial charge in [-0.1, -0.05) is 18.5 Å². The molecule has 0 aromatic carbocycles. The Kier molecular flexibility index (Phi) is 6.96. The Bertz CT molecular complexity index is 418. The van der Waals surface area contributed by atoms with Crippen LogP contribution in [-0.2, 0) is 11.3 Å². The first-order valence-electron chi connectivity index (χ1n) is 7.85. The molecule has 0 bridgehead atoms. The molecule has 1 N–H and O–H groups in total. The first kappa shape index (κ1) is 17.2. The van der Waals surface area contributed by atoms with E-state index in [1.807, 2.05) is 6.07 Å². The van der Waals surface area contributed by atoms with Gasteiger partial charge in [0.2, 0.25) is 0 Å². The number of nitrogens with one attached hydrogen (secondary N) is 1. The van der Waals surface area contributed by atoms with Crippen LogP contribution in [0.5, 0.6) is 0 Å². The third-order valence-electron chi connectivity index (χ3n) is 4.14. The molecule has 0 atom stereocenters. The SMILES string of the molecule is CCCNCC1(CN(C)Cc2ccc(Cl)s2)CCOCC1. The molecule has 1 aliphatic heterocycles. The average molecular weight is 331 g/mol. The standard InChI is InChI=1S/C16H27ClN2OS/c1-3-8-18-12-16(6-9-20-10-7-16)13-19(2)11-14-4-5-15(17)21-14/h4-5,18H,3,6-13H2,1-2H3. The summed E-state index contributed by atoms with van der Waals surface area (Å²) in [7, 11) is 2.21. The van der Waals surface area contributed by atoms with E-state index in [-0.39, 0.29) is 0 Å². The quantitative estimate of drug-likeness (QED) is 0.737. The normalized spacial score (nSPS) is 18.3. The number of hydrogen-bond donors (Lipinski definition) is 1. The highest BCUT2D eigenvalue weighted by atomic mass is 35.5. The minimum atomic E-state index is 0.350. The molecule has 0 unspecified atom stereocenters. The van der Waals surface area contributed by atoms with E-state index in [1.165, 1.54) is 11.3 Å². The molecule has 120 valence electrons. The molecule has 21 heavy (non-hydrogen) atoms. The molecule has 1 fully saturated rings. The van der Waals surface area contributed by atoms with Crippen LogP contribution in [0.3, 0.4) is 0 Å². The summed E-state index contributed by atoms with van der Waals surface area (Å²) in [6, 6.07) is 4.12. The Morgan fingerprint density at radius 1 is 1.38 bits per heavy atom. The highest BCUT2D eigenvalue weighted by molar-refractivity contribution is 7.16.